The molecule has 0 radical (unpaired) electrons. The Bertz CT molecular complexity index is 883. The summed E-state index contributed by atoms with van der Waals surface area (Å²) in [5.41, 5.74) is 9.51. The van der Waals surface area contributed by atoms with Crippen LogP contribution in [0.4, 0.5) is 5.69 Å². The molecule has 0 saturated carbocycles. The largest absolute Gasteiger partial charge is 0.483 e. The van der Waals surface area contributed by atoms with Crippen molar-refractivity contribution in [1.29, 1.82) is 0 Å². The summed E-state index contributed by atoms with van der Waals surface area (Å²) in [6, 6.07) is 19.0. The number of ether oxygens (including phenoxy) is 1. The number of aryl methyl sites for hydroxylation is 1. The molecule has 0 fully saturated rings. The Hall–Kier alpha value is -3.01. The molecule has 0 bridgehead atoms. The van der Waals surface area contributed by atoms with Crippen molar-refractivity contribution < 1.29 is 4.74 Å². The summed E-state index contributed by atoms with van der Waals surface area (Å²) in [5, 5.41) is 0. The Balaban J connectivity index is 1.77. The van der Waals surface area contributed by atoms with Gasteiger partial charge in [-0.2, -0.15) is 0 Å². The van der Waals surface area contributed by atoms with E-state index >= 15 is 0 Å². The zero-order chi connectivity index (χ0) is 16.9. The van der Waals surface area contributed by atoms with Crippen LogP contribution in [-0.2, 0) is 13.2 Å². The smallest absolute Gasteiger partial charge is 0.293 e. The molecule has 0 spiro atoms. The minimum Gasteiger partial charge on any atom is -0.483 e. The van der Waals surface area contributed by atoms with E-state index in [0.717, 1.165) is 16.7 Å². The number of rotatable bonds is 5. The highest BCUT2D eigenvalue weighted by molar-refractivity contribution is 5.39. The van der Waals surface area contributed by atoms with E-state index in [-0.39, 0.29) is 5.56 Å². The number of pyridine rings is 1. The summed E-state index contributed by atoms with van der Waals surface area (Å²) in [7, 11) is 0. The molecule has 2 N–H and O–H groups in total. The number of anilines is 1. The lowest BCUT2D eigenvalue weighted by Crippen LogP contribution is -2.21. The lowest BCUT2D eigenvalue weighted by molar-refractivity contribution is 0.298. The molecule has 3 aromatic rings. The molecule has 3 rings (SSSR count). The van der Waals surface area contributed by atoms with Crippen molar-refractivity contribution in [1.82, 2.24) is 4.57 Å². The number of nitrogen functional groups attached to an aromatic ring is 1. The first-order valence-corrected chi connectivity index (χ1v) is 7.84. The van der Waals surface area contributed by atoms with E-state index in [9.17, 15) is 4.79 Å². The van der Waals surface area contributed by atoms with E-state index in [1.807, 2.05) is 61.5 Å². The molecule has 1 aromatic heterocycles. The van der Waals surface area contributed by atoms with Crippen molar-refractivity contribution >= 4 is 5.69 Å². The maximum atomic E-state index is 12.6. The number of nitrogens with zero attached hydrogens (tertiary/aromatic N) is 1. The molecular formula is C20H20N2O2. The summed E-state index contributed by atoms with van der Waals surface area (Å²) in [6.45, 7) is 2.90. The van der Waals surface area contributed by atoms with Gasteiger partial charge in [0, 0.05) is 11.9 Å². The molecule has 0 atom stereocenters. The van der Waals surface area contributed by atoms with Crippen molar-refractivity contribution in [3.63, 3.8) is 0 Å². The number of aromatic nitrogens is 1. The number of hydrogen-bond donors (Lipinski definition) is 1. The first-order chi connectivity index (χ1) is 11.6. The van der Waals surface area contributed by atoms with E-state index in [0.29, 0.717) is 24.6 Å². The summed E-state index contributed by atoms with van der Waals surface area (Å²) in [4.78, 5) is 12.6. The Morgan fingerprint density at radius 3 is 2.50 bits per heavy atom. The molecule has 0 aliphatic carbocycles. The van der Waals surface area contributed by atoms with Crippen LogP contribution in [0.25, 0.3) is 0 Å². The van der Waals surface area contributed by atoms with Crippen LogP contribution >= 0.6 is 0 Å². The molecule has 0 unspecified atom stereocenters. The predicted molar refractivity (Wildman–Crippen MR) is 96.2 cm³/mol. The Kier molecular flexibility index (Phi) is 4.66. The third-order valence-electron chi connectivity index (χ3n) is 3.96. The standard InChI is InChI=1S/C20H20N2O2/c1-15-5-2-3-6-17(15)14-24-19-7-4-12-22(20(19)23)13-16-8-10-18(21)11-9-16/h2-12H,13-14,21H2,1H3. The first kappa shape index (κ1) is 15.9. The molecule has 24 heavy (non-hydrogen) atoms. The minimum absolute atomic E-state index is 0.136. The molecular weight excluding hydrogens is 300 g/mol. The van der Waals surface area contributed by atoms with Crippen LogP contribution in [0.3, 0.4) is 0 Å². The molecule has 4 heteroatoms. The minimum atomic E-state index is -0.136. The second-order valence-electron chi connectivity index (χ2n) is 5.76. The highest BCUT2D eigenvalue weighted by Gasteiger charge is 2.06. The SMILES string of the molecule is Cc1ccccc1COc1cccn(Cc2ccc(N)cc2)c1=O. The highest BCUT2D eigenvalue weighted by atomic mass is 16.5. The van der Waals surface area contributed by atoms with E-state index < -0.39 is 0 Å². The van der Waals surface area contributed by atoms with Gasteiger partial charge >= 0.3 is 0 Å². The lowest BCUT2D eigenvalue weighted by atomic mass is 10.1. The van der Waals surface area contributed by atoms with Crippen LogP contribution in [-0.4, -0.2) is 4.57 Å². The van der Waals surface area contributed by atoms with E-state index in [2.05, 4.69) is 0 Å². The van der Waals surface area contributed by atoms with Gasteiger partial charge in [0.2, 0.25) is 0 Å². The van der Waals surface area contributed by atoms with Crippen LogP contribution in [0, 0.1) is 6.92 Å². The molecule has 122 valence electrons. The third kappa shape index (κ3) is 3.66. The van der Waals surface area contributed by atoms with E-state index in [1.165, 1.54) is 0 Å². The fourth-order valence-corrected chi connectivity index (χ4v) is 2.50. The molecule has 0 aliphatic heterocycles. The zero-order valence-electron chi connectivity index (χ0n) is 13.6. The maximum Gasteiger partial charge on any atom is 0.293 e. The maximum absolute atomic E-state index is 12.6. The summed E-state index contributed by atoms with van der Waals surface area (Å²) in [5.74, 6) is 0.358. The Morgan fingerprint density at radius 2 is 1.75 bits per heavy atom. The van der Waals surface area contributed by atoms with Gasteiger partial charge in [-0.3, -0.25) is 4.79 Å². The normalized spacial score (nSPS) is 10.5. The molecule has 2 aromatic carbocycles. The quantitative estimate of drug-likeness (QED) is 0.733. The average Bonchev–Trinajstić information content (AvgIpc) is 2.59. The van der Waals surface area contributed by atoms with Gasteiger partial charge in [0.15, 0.2) is 5.75 Å². The predicted octanol–water partition coefficient (Wildman–Crippen LogP) is 3.37. The highest BCUT2D eigenvalue weighted by Crippen LogP contribution is 2.12. The van der Waals surface area contributed by atoms with Gasteiger partial charge in [-0.1, -0.05) is 36.4 Å². The van der Waals surface area contributed by atoms with Crippen molar-refractivity contribution in [3.8, 4) is 5.75 Å². The fraction of sp³-hybridized carbons (Fsp3) is 0.150. The zero-order valence-corrected chi connectivity index (χ0v) is 13.6. The van der Waals surface area contributed by atoms with Crippen LogP contribution in [0.2, 0.25) is 0 Å². The van der Waals surface area contributed by atoms with Crippen molar-refractivity contribution in [2.45, 2.75) is 20.1 Å². The first-order valence-electron chi connectivity index (χ1n) is 7.84. The van der Waals surface area contributed by atoms with Gasteiger partial charge < -0.3 is 15.0 Å². The van der Waals surface area contributed by atoms with Gasteiger partial charge in [0.25, 0.3) is 5.56 Å². The molecule has 0 saturated heterocycles. The number of hydrogen-bond acceptors (Lipinski definition) is 3. The lowest BCUT2D eigenvalue weighted by Gasteiger charge is -2.11. The molecule has 0 aliphatic rings. The fourth-order valence-electron chi connectivity index (χ4n) is 2.50. The summed E-state index contributed by atoms with van der Waals surface area (Å²) in [6.07, 6.45) is 1.76. The van der Waals surface area contributed by atoms with Crippen LogP contribution in [0.15, 0.2) is 71.7 Å². The second-order valence-corrected chi connectivity index (χ2v) is 5.76. The Labute approximate surface area is 141 Å². The van der Waals surface area contributed by atoms with Gasteiger partial charge in [-0.25, -0.2) is 0 Å². The molecule has 4 nitrogen and oxygen atoms in total. The van der Waals surface area contributed by atoms with E-state index in [1.54, 1.807) is 16.8 Å². The average molecular weight is 320 g/mol. The molecule has 0 amide bonds. The van der Waals surface area contributed by atoms with Gasteiger partial charge in [-0.15, -0.1) is 0 Å². The van der Waals surface area contributed by atoms with Gasteiger partial charge in [0.1, 0.15) is 6.61 Å². The van der Waals surface area contributed by atoms with Crippen LogP contribution in [0.1, 0.15) is 16.7 Å². The van der Waals surface area contributed by atoms with Crippen LogP contribution < -0.4 is 16.0 Å². The third-order valence-corrected chi connectivity index (χ3v) is 3.96. The second kappa shape index (κ2) is 7.04. The van der Waals surface area contributed by atoms with Gasteiger partial charge in [0.05, 0.1) is 6.54 Å². The summed E-state index contributed by atoms with van der Waals surface area (Å²) >= 11 is 0. The summed E-state index contributed by atoms with van der Waals surface area (Å²) < 4.78 is 7.39. The Morgan fingerprint density at radius 1 is 1.00 bits per heavy atom. The van der Waals surface area contributed by atoms with Crippen molar-refractivity contribution in [3.05, 3.63) is 93.9 Å². The van der Waals surface area contributed by atoms with Crippen molar-refractivity contribution in [2.24, 2.45) is 0 Å². The number of benzene rings is 2. The van der Waals surface area contributed by atoms with Crippen LogP contribution in [0.5, 0.6) is 5.75 Å². The number of nitrogens with two attached hydrogens (primary N) is 1. The van der Waals surface area contributed by atoms with Gasteiger partial charge in [-0.05, 0) is 47.9 Å². The van der Waals surface area contributed by atoms with E-state index in [4.69, 9.17) is 10.5 Å². The topological polar surface area (TPSA) is 57.2 Å². The monoisotopic (exact) mass is 320 g/mol. The van der Waals surface area contributed by atoms with Crippen molar-refractivity contribution in [2.75, 3.05) is 5.73 Å². The molecule has 1 heterocycles.